The van der Waals surface area contributed by atoms with Gasteiger partial charge in [0.2, 0.25) is 0 Å². The van der Waals surface area contributed by atoms with Crippen LogP contribution in [0.3, 0.4) is 0 Å². The van der Waals surface area contributed by atoms with Gasteiger partial charge in [0.15, 0.2) is 0 Å². The summed E-state index contributed by atoms with van der Waals surface area (Å²) in [6, 6.07) is 8.23. The molecule has 0 saturated heterocycles. The van der Waals surface area contributed by atoms with Gasteiger partial charge < -0.3 is 5.32 Å². The molecule has 2 aromatic heterocycles. The van der Waals surface area contributed by atoms with Gasteiger partial charge in [0.25, 0.3) is 11.9 Å². The Hall–Kier alpha value is -2.76. The van der Waals surface area contributed by atoms with Gasteiger partial charge >= 0.3 is 0 Å². The minimum Gasteiger partial charge on any atom is -0.349 e. The maximum absolute atomic E-state index is 12.4. The number of aromatic nitrogens is 4. The van der Waals surface area contributed by atoms with Crippen LogP contribution in [0.5, 0.6) is 0 Å². The summed E-state index contributed by atoms with van der Waals surface area (Å²) in [5.41, 5.74) is 2.37. The van der Waals surface area contributed by atoms with Crippen molar-refractivity contribution in [2.45, 2.75) is 45.6 Å². The first kappa shape index (κ1) is 16.7. The van der Waals surface area contributed by atoms with Crippen LogP contribution < -0.4 is 5.32 Å². The molecule has 4 rings (SSSR count). The van der Waals surface area contributed by atoms with E-state index < -0.39 is 0 Å². The van der Waals surface area contributed by atoms with E-state index in [-0.39, 0.29) is 11.9 Å². The summed E-state index contributed by atoms with van der Waals surface area (Å²) in [4.78, 5) is 21.2. The number of fused-ring (bicyclic) bond motifs is 1. The molecule has 0 aliphatic heterocycles. The van der Waals surface area contributed by atoms with Crippen LogP contribution >= 0.6 is 0 Å². The Balaban J connectivity index is 1.52. The quantitative estimate of drug-likeness (QED) is 0.786. The first-order valence-electron chi connectivity index (χ1n) is 9.19. The monoisotopic (exact) mass is 349 g/mol. The molecule has 0 spiro atoms. The molecule has 3 aromatic rings. The van der Waals surface area contributed by atoms with E-state index in [1.807, 2.05) is 31.2 Å². The van der Waals surface area contributed by atoms with Crippen molar-refractivity contribution >= 4 is 16.8 Å². The van der Waals surface area contributed by atoms with Gasteiger partial charge in [0.05, 0.1) is 16.8 Å². The van der Waals surface area contributed by atoms with E-state index in [1.165, 1.54) is 12.8 Å². The third-order valence-corrected chi connectivity index (χ3v) is 5.21. The summed E-state index contributed by atoms with van der Waals surface area (Å²) in [6.45, 7) is 4.23. The number of hydrogen-bond acceptors (Lipinski definition) is 4. The van der Waals surface area contributed by atoms with Gasteiger partial charge in [-0.05, 0) is 44.6 Å². The van der Waals surface area contributed by atoms with Gasteiger partial charge in [-0.15, -0.1) is 0 Å². The number of benzene rings is 1. The summed E-state index contributed by atoms with van der Waals surface area (Å²) >= 11 is 0. The summed E-state index contributed by atoms with van der Waals surface area (Å²) in [5, 5.41) is 8.71. The van der Waals surface area contributed by atoms with Crippen molar-refractivity contribution in [2.24, 2.45) is 5.92 Å². The number of nitrogens with one attached hydrogen (secondary N) is 1. The van der Waals surface area contributed by atoms with Gasteiger partial charge in [-0.3, -0.25) is 4.79 Å². The Bertz CT molecular complexity index is 923. The lowest BCUT2D eigenvalue weighted by Gasteiger charge is -2.26. The zero-order valence-corrected chi connectivity index (χ0v) is 15.1. The molecule has 1 aliphatic rings. The normalized spacial score (nSPS) is 20.2. The molecule has 1 N–H and O–H groups in total. The average Bonchev–Trinajstić information content (AvgIpc) is 3.01. The highest BCUT2D eigenvalue weighted by molar-refractivity contribution is 5.93. The number of hydrogen-bond donors (Lipinski definition) is 1. The van der Waals surface area contributed by atoms with Crippen molar-refractivity contribution in [1.29, 1.82) is 0 Å². The van der Waals surface area contributed by atoms with E-state index in [9.17, 15) is 4.79 Å². The van der Waals surface area contributed by atoms with E-state index in [2.05, 4.69) is 27.3 Å². The lowest BCUT2D eigenvalue weighted by Crippen LogP contribution is -2.37. The van der Waals surface area contributed by atoms with Crippen molar-refractivity contribution in [3.8, 4) is 5.95 Å². The lowest BCUT2D eigenvalue weighted by molar-refractivity contribution is 0.0922. The molecule has 0 radical (unpaired) electrons. The molecule has 0 unspecified atom stereocenters. The topological polar surface area (TPSA) is 72.7 Å². The number of rotatable bonds is 3. The molecule has 0 bridgehead atoms. The number of carbonyl (C=O) groups excluding carboxylic acids is 1. The molecule has 1 saturated carbocycles. The SMILES string of the molecule is Cc1nn(-c2ncc(C(=O)NC3CCC(C)CC3)cn2)c2ccccc12. The molecular formula is C20H23N5O. The number of amides is 1. The Labute approximate surface area is 152 Å². The second-order valence-corrected chi connectivity index (χ2v) is 7.22. The summed E-state index contributed by atoms with van der Waals surface area (Å²) in [5.74, 6) is 1.13. The Morgan fingerprint density at radius 3 is 2.54 bits per heavy atom. The highest BCUT2D eigenvalue weighted by Gasteiger charge is 2.20. The summed E-state index contributed by atoms with van der Waals surface area (Å²) < 4.78 is 1.72. The molecule has 134 valence electrons. The van der Waals surface area contributed by atoms with Crippen LogP contribution in [0.2, 0.25) is 0 Å². The van der Waals surface area contributed by atoms with Crippen molar-refractivity contribution in [1.82, 2.24) is 25.1 Å². The van der Waals surface area contributed by atoms with E-state index in [0.717, 1.165) is 35.4 Å². The van der Waals surface area contributed by atoms with E-state index in [4.69, 9.17) is 0 Å². The highest BCUT2D eigenvalue weighted by atomic mass is 16.1. The minimum absolute atomic E-state index is 0.0994. The van der Waals surface area contributed by atoms with Crippen molar-refractivity contribution in [3.05, 3.63) is 47.9 Å². The number of carbonyl (C=O) groups is 1. The van der Waals surface area contributed by atoms with Gasteiger partial charge in [-0.2, -0.15) is 9.78 Å². The van der Waals surface area contributed by atoms with E-state index in [1.54, 1.807) is 17.1 Å². The van der Waals surface area contributed by atoms with E-state index >= 15 is 0 Å². The second-order valence-electron chi connectivity index (χ2n) is 7.22. The standard InChI is InChI=1S/C20H23N5O/c1-13-7-9-16(10-8-13)23-19(26)15-11-21-20(22-12-15)25-18-6-4-3-5-17(18)14(2)24-25/h3-6,11-13,16H,7-10H2,1-2H3,(H,23,26). The first-order valence-corrected chi connectivity index (χ1v) is 9.19. The zero-order valence-electron chi connectivity index (χ0n) is 15.1. The van der Waals surface area contributed by atoms with Gasteiger partial charge in [0, 0.05) is 23.8 Å². The van der Waals surface area contributed by atoms with Gasteiger partial charge in [-0.25, -0.2) is 9.97 Å². The predicted molar refractivity (Wildman–Crippen MR) is 100 cm³/mol. The van der Waals surface area contributed by atoms with Crippen LogP contribution in [0.25, 0.3) is 16.9 Å². The molecule has 1 amide bonds. The van der Waals surface area contributed by atoms with Gasteiger partial charge in [-0.1, -0.05) is 25.1 Å². The molecule has 26 heavy (non-hydrogen) atoms. The van der Waals surface area contributed by atoms with Crippen LogP contribution in [0.4, 0.5) is 0 Å². The molecule has 0 atom stereocenters. The first-order chi connectivity index (χ1) is 12.6. The maximum Gasteiger partial charge on any atom is 0.254 e. The molecule has 6 nitrogen and oxygen atoms in total. The van der Waals surface area contributed by atoms with Crippen LogP contribution in [0.1, 0.15) is 48.7 Å². The van der Waals surface area contributed by atoms with Gasteiger partial charge in [0.1, 0.15) is 0 Å². The number of aryl methyl sites for hydroxylation is 1. The third-order valence-electron chi connectivity index (χ3n) is 5.21. The fourth-order valence-corrected chi connectivity index (χ4v) is 3.60. The van der Waals surface area contributed by atoms with Crippen LogP contribution in [0.15, 0.2) is 36.7 Å². The number of para-hydroxylation sites is 1. The maximum atomic E-state index is 12.4. The Morgan fingerprint density at radius 2 is 1.81 bits per heavy atom. The van der Waals surface area contributed by atoms with Crippen molar-refractivity contribution in [2.75, 3.05) is 0 Å². The third kappa shape index (κ3) is 3.19. The van der Waals surface area contributed by atoms with Crippen LogP contribution in [0, 0.1) is 12.8 Å². The predicted octanol–water partition coefficient (Wildman–Crippen LogP) is 3.43. The molecular weight excluding hydrogens is 326 g/mol. The molecule has 6 heteroatoms. The summed E-state index contributed by atoms with van der Waals surface area (Å²) in [7, 11) is 0. The van der Waals surface area contributed by atoms with E-state index in [0.29, 0.717) is 11.5 Å². The lowest BCUT2D eigenvalue weighted by atomic mass is 9.87. The Morgan fingerprint density at radius 1 is 1.12 bits per heavy atom. The highest BCUT2D eigenvalue weighted by Crippen LogP contribution is 2.23. The second kappa shape index (κ2) is 6.86. The largest absolute Gasteiger partial charge is 0.349 e. The van der Waals surface area contributed by atoms with Crippen LogP contribution in [-0.2, 0) is 0 Å². The Kier molecular flexibility index (Phi) is 4.41. The smallest absolute Gasteiger partial charge is 0.254 e. The average molecular weight is 349 g/mol. The van der Waals surface area contributed by atoms with Crippen LogP contribution in [-0.4, -0.2) is 31.7 Å². The fourth-order valence-electron chi connectivity index (χ4n) is 3.60. The van der Waals surface area contributed by atoms with Crippen molar-refractivity contribution in [3.63, 3.8) is 0 Å². The molecule has 2 heterocycles. The molecule has 1 fully saturated rings. The molecule has 1 aromatic carbocycles. The zero-order chi connectivity index (χ0) is 18.1. The number of nitrogens with zero attached hydrogens (tertiary/aromatic N) is 4. The minimum atomic E-state index is -0.0994. The fraction of sp³-hybridized carbons (Fsp3) is 0.400. The summed E-state index contributed by atoms with van der Waals surface area (Å²) in [6.07, 6.45) is 7.59. The van der Waals surface area contributed by atoms with Crippen molar-refractivity contribution < 1.29 is 4.79 Å². The molecule has 1 aliphatic carbocycles.